The van der Waals surface area contributed by atoms with Crippen LogP contribution in [0.5, 0.6) is 5.75 Å². The number of carbonyl (C=O) groups excluding carboxylic acids is 2. The van der Waals surface area contributed by atoms with E-state index in [4.69, 9.17) is 9.47 Å². The van der Waals surface area contributed by atoms with Crippen LogP contribution in [0, 0.1) is 6.92 Å². The molecule has 1 atom stereocenters. The fourth-order valence-electron chi connectivity index (χ4n) is 2.43. The first-order valence-corrected chi connectivity index (χ1v) is 7.68. The van der Waals surface area contributed by atoms with Crippen LogP contribution in [-0.2, 0) is 9.53 Å². The highest BCUT2D eigenvalue weighted by molar-refractivity contribution is 6.00. The van der Waals surface area contributed by atoms with Gasteiger partial charge in [-0.25, -0.2) is 4.79 Å². The maximum atomic E-state index is 12.2. The second kappa shape index (κ2) is 6.62. The van der Waals surface area contributed by atoms with Gasteiger partial charge in [-0.1, -0.05) is 12.1 Å². The molecule has 1 aliphatic heterocycles. The van der Waals surface area contributed by atoms with Gasteiger partial charge < -0.3 is 20.1 Å². The van der Waals surface area contributed by atoms with Gasteiger partial charge in [-0.2, -0.15) is 0 Å². The van der Waals surface area contributed by atoms with Gasteiger partial charge in [-0.15, -0.1) is 0 Å². The molecule has 0 bridgehead atoms. The molecule has 6 heteroatoms. The van der Waals surface area contributed by atoms with Crippen LogP contribution in [0.2, 0.25) is 0 Å². The molecule has 2 aromatic carbocycles. The quantitative estimate of drug-likeness (QED) is 0.845. The Morgan fingerprint density at radius 3 is 2.88 bits per heavy atom. The summed E-state index contributed by atoms with van der Waals surface area (Å²) in [5.74, 6) is -0.271. The summed E-state index contributed by atoms with van der Waals surface area (Å²) in [5.41, 5.74) is 2.69. The van der Waals surface area contributed by atoms with Crippen molar-refractivity contribution in [2.45, 2.75) is 20.1 Å². The number of aryl methyl sites for hydroxylation is 1. The molecule has 0 saturated heterocycles. The normalized spacial score (nSPS) is 15.8. The number of ether oxygens (including phenoxy) is 2. The standard InChI is InChI=1S/C18H18N2O4/c1-3-23-18(22)12-7-8-15-14(10-12)20-16(21)17(24-15)19-13-6-4-5-11(2)9-13/h4-10,17,19H,3H2,1-2H3,(H,20,21). The third-order valence-corrected chi connectivity index (χ3v) is 3.55. The minimum absolute atomic E-state index is 0.293. The van der Waals surface area contributed by atoms with Crippen LogP contribution in [-0.4, -0.2) is 24.7 Å². The lowest BCUT2D eigenvalue weighted by atomic mass is 10.1. The highest BCUT2D eigenvalue weighted by atomic mass is 16.5. The number of nitrogens with one attached hydrogen (secondary N) is 2. The summed E-state index contributed by atoms with van der Waals surface area (Å²) in [7, 11) is 0. The van der Waals surface area contributed by atoms with Gasteiger partial charge in [0.1, 0.15) is 5.75 Å². The fraction of sp³-hybridized carbons (Fsp3) is 0.222. The average molecular weight is 326 g/mol. The molecule has 1 unspecified atom stereocenters. The van der Waals surface area contributed by atoms with Gasteiger partial charge in [0.15, 0.2) is 0 Å². The Balaban J connectivity index is 1.78. The van der Waals surface area contributed by atoms with E-state index in [0.717, 1.165) is 11.3 Å². The molecule has 2 N–H and O–H groups in total. The summed E-state index contributed by atoms with van der Waals surface area (Å²) in [4.78, 5) is 24.0. The molecular formula is C18H18N2O4. The number of rotatable bonds is 4. The van der Waals surface area contributed by atoms with Crippen molar-refractivity contribution in [2.24, 2.45) is 0 Å². The van der Waals surface area contributed by atoms with Crippen LogP contribution in [0.15, 0.2) is 42.5 Å². The van der Waals surface area contributed by atoms with Crippen molar-refractivity contribution in [3.63, 3.8) is 0 Å². The van der Waals surface area contributed by atoms with E-state index in [9.17, 15) is 9.59 Å². The van der Waals surface area contributed by atoms with Crippen molar-refractivity contribution in [3.05, 3.63) is 53.6 Å². The van der Waals surface area contributed by atoms with Crippen molar-refractivity contribution in [2.75, 3.05) is 17.2 Å². The molecule has 1 aliphatic rings. The summed E-state index contributed by atoms with van der Waals surface area (Å²) < 4.78 is 10.7. The van der Waals surface area contributed by atoms with Gasteiger partial charge in [0.25, 0.3) is 5.91 Å². The lowest BCUT2D eigenvalue weighted by Gasteiger charge is -2.27. The Bertz CT molecular complexity index is 788. The van der Waals surface area contributed by atoms with Crippen LogP contribution in [0.4, 0.5) is 11.4 Å². The second-order valence-electron chi connectivity index (χ2n) is 5.43. The Labute approximate surface area is 139 Å². The van der Waals surface area contributed by atoms with Crippen LogP contribution < -0.4 is 15.4 Å². The van der Waals surface area contributed by atoms with Gasteiger partial charge in [0.05, 0.1) is 17.9 Å². The molecule has 2 aromatic rings. The third kappa shape index (κ3) is 3.32. The van der Waals surface area contributed by atoms with E-state index < -0.39 is 12.2 Å². The number of amides is 1. The average Bonchev–Trinajstić information content (AvgIpc) is 2.55. The SMILES string of the molecule is CCOC(=O)c1ccc2c(c1)NC(=O)C(Nc1cccc(C)c1)O2. The highest BCUT2D eigenvalue weighted by Gasteiger charge is 2.28. The number of anilines is 2. The predicted octanol–water partition coefficient (Wildman–Crippen LogP) is 2.94. The van der Waals surface area contributed by atoms with E-state index >= 15 is 0 Å². The van der Waals surface area contributed by atoms with Gasteiger partial charge in [0.2, 0.25) is 6.23 Å². The van der Waals surface area contributed by atoms with E-state index in [1.165, 1.54) is 0 Å². The first-order chi connectivity index (χ1) is 11.6. The Hall–Kier alpha value is -3.02. The maximum Gasteiger partial charge on any atom is 0.338 e. The monoisotopic (exact) mass is 326 g/mol. The number of carbonyl (C=O) groups is 2. The van der Waals surface area contributed by atoms with Gasteiger partial charge >= 0.3 is 5.97 Å². The second-order valence-corrected chi connectivity index (χ2v) is 5.43. The lowest BCUT2D eigenvalue weighted by molar-refractivity contribution is -0.122. The summed E-state index contributed by atoms with van der Waals surface area (Å²) >= 11 is 0. The van der Waals surface area contributed by atoms with E-state index in [1.54, 1.807) is 25.1 Å². The van der Waals surface area contributed by atoms with E-state index in [1.807, 2.05) is 31.2 Å². The molecule has 6 nitrogen and oxygen atoms in total. The first kappa shape index (κ1) is 15.9. The van der Waals surface area contributed by atoms with Crippen LogP contribution in [0.25, 0.3) is 0 Å². The predicted molar refractivity (Wildman–Crippen MR) is 90.2 cm³/mol. The molecule has 1 heterocycles. The molecular weight excluding hydrogens is 308 g/mol. The maximum absolute atomic E-state index is 12.2. The Kier molecular flexibility index (Phi) is 4.37. The zero-order chi connectivity index (χ0) is 17.1. The number of hydrogen-bond donors (Lipinski definition) is 2. The molecule has 3 rings (SSSR count). The van der Waals surface area contributed by atoms with Gasteiger partial charge in [-0.05, 0) is 49.7 Å². The fourth-order valence-corrected chi connectivity index (χ4v) is 2.43. The number of benzene rings is 2. The van der Waals surface area contributed by atoms with Crippen LogP contribution in [0.3, 0.4) is 0 Å². The minimum Gasteiger partial charge on any atom is -0.462 e. The first-order valence-electron chi connectivity index (χ1n) is 7.68. The largest absolute Gasteiger partial charge is 0.462 e. The van der Waals surface area contributed by atoms with Gasteiger partial charge in [-0.3, -0.25) is 4.79 Å². The molecule has 1 amide bonds. The molecule has 0 spiro atoms. The molecule has 0 saturated carbocycles. The van der Waals surface area contributed by atoms with Crippen LogP contribution >= 0.6 is 0 Å². The van der Waals surface area contributed by atoms with Crippen LogP contribution in [0.1, 0.15) is 22.8 Å². The lowest BCUT2D eigenvalue weighted by Crippen LogP contribution is -2.42. The number of hydrogen-bond acceptors (Lipinski definition) is 5. The minimum atomic E-state index is -0.840. The zero-order valence-corrected chi connectivity index (χ0v) is 13.5. The van der Waals surface area contributed by atoms with Crippen molar-refractivity contribution in [3.8, 4) is 5.75 Å². The molecule has 0 aliphatic carbocycles. The molecule has 24 heavy (non-hydrogen) atoms. The topological polar surface area (TPSA) is 76.7 Å². The smallest absolute Gasteiger partial charge is 0.338 e. The molecule has 124 valence electrons. The molecule has 0 aromatic heterocycles. The Morgan fingerprint density at radius 2 is 2.12 bits per heavy atom. The molecule has 0 fully saturated rings. The Morgan fingerprint density at radius 1 is 1.29 bits per heavy atom. The van der Waals surface area contributed by atoms with E-state index in [-0.39, 0.29) is 5.91 Å². The third-order valence-electron chi connectivity index (χ3n) is 3.55. The summed E-state index contributed by atoms with van der Waals surface area (Å²) in [6.45, 7) is 4.00. The highest BCUT2D eigenvalue weighted by Crippen LogP contribution is 2.31. The van der Waals surface area contributed by atoms with Gasteiger partial charge in [0, 0.05) is 5.69 Å². The van der Waals surface area contributed by atoms with E-state index in [2.05, 4.69) is 10.6 Å². The van der Waals surface area contributed by atoms with Crippen molar-refractivity contribution in [1.29, 1.82) is 0 Å². The summed E-state index contributed by atoms with van der Waals surface area (Å²) in [5, 5.41) is 5.79. The molecule has 0 radical (unpaired) electrons. The zero-order valence-electron chi connectivity index (χ0n) is 13.5. The summed E-state index contributed by atoms with van der Waals surface area (Å²) in [6.07, 6.45) is -0.840. The number of fused-ring (bicyclic) bond motifs is 1. The van der Waals surface area contributed by atoms with E-state index in [0.29, 0.717) is 23.6 Å². The number of esters is 1. The van der Waals surface area contributed by atoms with Crippen molar-refractivity contribution < 1.29 is 19.1 Å². The van der Waals surface area contributed by atoms with Crippen molar-refractivity contribution in [1.82, 2.24) is 0 Å². The van der Waals surface area contributed by atoms with Crippen molar-refractivity contribution >= 4 is 23.3 Å². The summed E-state index contributed by atoms with van der Waals surface area (Å²) in [6, 6.07) is 12.5.